The van der Waals surface area contributed by atoms with Crippen LogP contribution in [0.5, 0.6) is 0 Å². The number of carbonyl (C=O) groups excluding carboxylic acids is 1. The number of nitrogens with zero attached hydrogens (tertiary/aromatic N) is 3. The van der Waals surface area contributed by atoms with Gasteiger partial charge in [-0.1, -0.05) is 5.16 Å². The van der Waals surface area contributed by atoms with Gasteiger partial charge in [0.1, 0.15) is 0 Å². The van der Waals surface area contributed by atoms with E-state index >= 15 is 0 Å². The van der Waals surface area contributed by atoms with Gasteiger partial charge in [-0.15, -0.1) is 11.3 Å². The van der Waals surface area contributed by atoms with Crippen LogP contribution in [0.25, 0.3) is 0 Å². The topological polar surface area (TPSA) is 130 Å². The van der Waals surface area contributed by atoms with Crippen molar-refractivity contribution in [3.63, 3.8) is 0 Å². The van der Waals surface area contributed by atoms with Crippen molar-refractivity contribution < 1.29 is 19.2 Å². The molecule has 9 nitrogen and oxygen atoms in total. The smallest absolute Gasteiger partial charge is 0.355 e. The lowest BCUT2D eigenvalue weighted by Crippen LogP contribution is -2.36. The van der Waals surface area contributed by atoms with Gasteiger partial charge in [-0.3, -0.25) is 0 Å². The minimum Gasteiger partial charge on any atom is -0.476 e. The van der Waals surface area contributed by atoms with Crippen LogP contribution in [0.1, 0.15) is 27.2 Å². The highest BCUT2D eigenvalue weighted by molar-refractivity contribution is 7.09. The minimum atomic E-state index is -1.06. The number of carbonyl (C=O) groups is 2. The normalized spacial score (nSPS) is 10.3. The zero-order valence-corrected chi connectivity index (χ0v) is 11.9. The Balaban J connectivity index is 1.67. The molecule has 3 N–H and O–H groups in total. The number of aryl methyl sites for hydroxylation is 1. The Morgan fingerprint density at radius 2 is 2.19 bits per heavy atom. The van der Waals surface area contributed by atoms with E-state index in [1.807, 2.05) is 0 Å². The summed E-state index contributed by atoms with van der Waals surface area (Å²) in [5, 5.41) is 19.7. The number of urea groups is 1. The van der Waals surface area contributed by atoms with Crippen LogP contribution < -0.4 is 10.6 Å². The highest BCUT2D eigenvalue weighted by atomic mass is 32.1. The maximum Gasteiger partial charge on any atom is 0.355 e. The zero-order valence-electron chi connectivity index (χ0n) is 11.1. The summed E-state index contributed by atoms with van der Waals surface area (Å²) in [4.78, 5) is 30.0. The van der Waals surface area contributed by atoms with Crippen LogP contribution in [0.15, 0.2) is 9.90 Å². The standard InChI is InChI=1S/C11H13N5O4S/c1-6-14-8(16-20-6)4-13-11(19)12-3-2-9-15-7(5-21-9)10(17)18/h5H,2-4H2,1H3,(H,17,18)(H2,12,13,19). The van der Waals surface area contributed by atoms with Crippen molar-refractivity contribution in [1.82, 2.24) is 25.8 Å². The molecular weight excluding hydrogens is 298 g/mol. The predicted molar refractivity (Wildman–Crippen MR) is 72.1 cm³/mol. The molecule has 2 heterocycles. The Hall–Kier alpha value is -2.49. The number of carboxylic acids is 1. The number of hydrogen-bond acceptors (Lipinski definition) is 7. The lowest BCUT2D eigenvalue weighted by Gasteiger charge is -2.04. The summed E-state index contributed by atoms with van der Waals surface area (Å²) in [6.45, 7) is 2.18. The van der Waals surface area contributed by atoms with Crippen molar-refractivity contribution >= 4 is 23.3 Å². The molecule has 2 aromatic heterocycles. The van der Waals surface area contributed by atoms with Crippen molar-refractivity contribution in [2.45, 2.75) is 19.9 Å². The number of nitrogens with one attached hydrogen (secondary N) is 2. The van der Waals surface area contributed by atoms with Crippen LogP contribution in [-0.2, 0) is 13.0 Å². The van der Waals surface area contributed by atoms with Crippen LogP contribution in [0, 0.1) is 6.92 Å². The molecule has 0 aliphatic carbocycles. The summed E-state index contributed by atoms with van der Waals surface area (Å²) < 4.78 is 4.77. The van der Waals surface area contributed by atoms with E-state index in [2.05, 4.69) is 25.8 Å². The molecule has 0 spiro atoms. The van der Waals surface area contributed by atoms with Gasteiger partial charge in [0.15, 0.2) is 11.5 Å². The third-order valence-electron chi connectivity index (χ3n) is 2.37. The van der Waals surface area contributed by atoms with E-state index in [0.29, 0.717) is 29.7 Å². The third kappa shape index (κ3) is 4.53. The van der Waals surface area contributed by atoms with Gasteiger partial charge in [-0.05, 0) is 0 Å². The highest BCUT2D eigenvalue weighted by Crippen LogP contribution is 2.09. The monoisotopic (exact) mass is 311 g/mol. The fourth-order valence-corrected chi connectivity index (χ4v) is 2.21. The lowest BCUT2D eigenvalue weighted by atomic mass is 10.4. The summed E-state index contributed by atoms with van der Waals surface area (Å²) in [7, 11) is 0. The number of amides is 2. The first-order valence-electron chi connectivity index (χ1n) is 6.03. The molecule has 21 heavy (non-hydrogen) atoms. The van der Waals surface area contributed by atoms with Gasteiger partial charge in [0.25, 0.3) is 0 Å². The predicted octanol–water partition coefficient (Wildman–Crippen LogP) is 0.575. The average molecular weight is 311 g/mol. The molecule has 0 unspecified atom stereocenters. The second-order valence-corrected chi connectivity index (χ2v) is 4.96. The van der Waals surface area contributed by atoms with E-state index < -0.39 is 5.97 Å². The number of carboxylic acid groups (broad SMARTS) is 1. The number of aromatic carboxylic acids is 1. The van der Waals surface area contributed by atoms with Gasteiger partial charge in [0.05, 0.1) is 11.6 Å². The third-order valence-corrected chi connectivity index (χ3v) is 3.28. The van der Waals surface area contributed by atoms with Gasteiger partial charge < -0.3 is 20.3 Å². The molecule has 2 aromatic rings. The summed E-state index contributed by atoms with van der Waals surface area (Å²) in [6.07, 6.45) is 0.465. The molecule has 10 heteroatoms. The molecule has 0 aliphatic heterocycles. The molecule has 0 aromatic carbocycles. The Bertz CT molecular complexity index is 638. The Morgan fingerprint density at radius 3 is 2.81 bits per heavy atom. The quantitative estimate of drug-likeness (QED) is 0.711. The largest absolute Gasteiger partial charge is 0.476 e. The Labute approximate surface area is 123 Å². The van der Waals surface area contributed by atoms with Crippen molar-refractivity contribution in [3.8, 4) is 0 Å². The van der Waals surface area contributed by atoms with Gasteiger partial charge in [-0.2, -0.15) is 4.98 Å². The lowest BCUT2D eigenvalue weighted by molar-refractivity contribution is 0.0691. The van der Waals surface area contributed by atoms with E-state index in [0.717, 1.165) is 0 Å². The van der Waals surface area contributed by atoms with Gasteiger partial charge >= 0.3 is 12.0 Å². The van der Waals surface area contributed by atoms with E-state index in [-0.39, 0.29) is 18.3 Å². The van der Waals surface area contributed by atoms with Crippen LogP contribution in [-0.4, -0.2) is 38.8 Å². The number of rotatable bonds is 6. The molecule has 0 saturated carbocycles. The maximum absolute atomic E-state index is 11.5. The molecule has 0 fully saturated rings. The van der Waals surface area contributed by atoms with Gasteiger partial charge in [0, 0.05) is 25.3 Å². The highest BCUT2D eigenvalue weighted by Gasteiger charge is 2.09. The van der Waals surface area contributed by atoms with Crippen LogP contribution >= 0.6 is 11.3 Å². The van der Waals surface area contributed by atoms with E-state index in [4.69, 9.17) is 9.63 Å². The van der Waals surface area contributed by atoms with Gasteiger partial charge in [0.2, 0.25) is 5.89 Å². The number of thiazole rings is 1. The summed E-state index contributed by atoms with van der Waals surface area (Å²) >= 11 is 1.25. The fraction of sp³-hybridized carbons (Fsp3) is 0.364. The molecule has 2 rings (SSSR count). The first-order valence-corrected chi connectivity index (χ1v) is 6.91. The Kier molecular flexibility index (Phi) is 4.82. The Morgan fingerprint density at radius 1 is 1.38 bits per heavy atom. The maximum atomic E-state index is 11.5. The second-order valence-electron chi connectivity index (χ2n) is 4.02. The van der Waals surface area contributed by atoms with Crippen molar-refractivity contribution in [2.24, 2.45) is 0 Å². The van der Waals surface area contributed by atoms with E-state index in [1.54, 1.807) is 6.92 Å². The van der Waals surface area contributed by atoms with Crippen LogP contribution in [0.2, 0.25) is 0 Å². The van der Waals surface area contributed by atoms with E-state index in [9.17, 15) is 9.59 Å². The van der Waals surface area contributed by atoms with Crippen molar-refractivity contribution in [1.29, 1.82) is 0 Å². The number of hydrogen-bond donors (Lipinski definition) is 3. The molecule has 0 radical (unpaired) electrons. The molecule has 2 amide bonds. The number of aromatic nitrogens is 3. The minimum absolute atomic E-state index is 0.0203. The summed E-state index contributed by atoms with van der Waals surface area (Å²) in [5.74, 6) is -0.225. The molecule has 0 saturated heterocycles. The fourth-order valence-electron chi connectivity index (χ4n) is 1.44. The molecule has 112 valence electrons. The molecule has 0 aliphatic rings. The zero-order chi connectivity index (χ0) is 15.2. The average Bonchev–Trinajstić information content (AvgIpc) is 3.05. The summed E-state index contributed by atoms with van der Waals surface area (Å²) in [5.41, 5.74) is 0.0203. The first kappa shape index (κ1) is 14.9. The van der Waals surface area contributed by atoms with Crippen molar-refractivity contribution in [3.05, 3.63) is 27.8 Å². The summed E-state index contributed by atoms with van der Waals surface area (Å²) in [6, 6.07) is -0.368. The van der Waals surface area contributed by atoms with Crippen molar-refractivity contribution in [2.75, 3.05) is 6.54 Å². The molecule has 0 bridgehead atoms. The van der Waals surface area contributed by atoms with Crippen LogP contribution in [0.4, 0.5) is 4.79 Å². The van der Waals surface area contributed by atoms with Crippen LogP contribution in [0.3, 0.4) is 0 Å². The second kappa shape index (κ2) is 6.79. The first-order chi connectivity index (χ1) is 10.0. The SMILES string of the molecule is Cc1nc(CNC(=O)NCCc2nc(C(=O)O)cs2)no1. The van der Waals surface area contributed by atoms with E-state index in [1.165, 1.54) is 16.7 Å². The molecule has 0 atom stereocenters. The molecular formula is C11H13N5O4S. The van der Waals surface area contributed by atoms with Gasteiger partial charge in [-0.25, -0.2) is 14.6 Å².